The normalized spacial score (nSPS) is 13.2. The van der Waals surface area contributed by atoms with E-state index in [9.17, 15) is 59.7 Å². The smallest absolute Gasteiger partial charge is 0.341 e. The van der Waals surface area contributed by atoms with Crippen molar-refractivity contribution in [1.82, 2.24) is 49.6 Å². The lowest BCUT2D eigenvalue weighted by atomic mass is 10.1. The molecular weight excluding hydrogens is 2020 g/mol. The molecule has 3 saturated heterocycles. The highest BCUT2D eigenvalue weighted by atomic mass is 79.9. The summed E-state index contributed by atoms with van der Waals surface area (Å²) in [6, 6.07) is 53.6. The van der Waals surface area contributed by atoms with Gasteiger partial charge in [0.2, 0.25) is 11.8 Å². The zero-order valence-electron chi connectivity index (χ0n) is 75.6. The number of benzene rings is 10. The van der Waals surface area contributed by atoms with Gasteiger partial charge < -0.3 is 94.8 Å². The van der Waals surface area contributed by atoms with Gasteiger partial charge in [-0.1, -0.05) is 103 Å². The van der Waals surface area contributed by atoms with Crippen LogP contribution in [0.25, 0.3) is 77.4 Å². The Labute approximate surface area is 841 Å². The Balaban J connectivity index is 0.000000128. The maximum absolute atomic E-state index is 11.9. The van der Waals surface area contributed by atoms with Crippen LogP contribution in [0.15, 0.2) is 262 Å². The summed E-state index contributed by atoms with van der Waals surface area (Å²) in [5, 5.41) is 90.1. The number of aromatic nitrogens is 7. The molecule has 142 heavy (non-hydrogen) atoms. The van der Waals surface area contributed by atoms with Gasteiger partial charge in [-0.25, -0.2) is 33.9 Å². The van der Waals surface area contributed by atoms with Gasteiger partial charge in [-0.3, -0.25) is 39.6 Å². The van der Waals surface area contributed by atoms with Crippen molar-refractivity contribution in [2.24, 2.45) is 0 Å². The highest BCUT2D eigenvalue weighted by Gasteiger charge is 2.28. The van der Waals surface area contributed by atoms with Crippen LogP contribution in [0.5, 0.6) is 23.0 Å². The molecule has 0 unspecified atom stereocenters. The van der Waals surface area contributed by atoms with E-state index in [1.165, 1.54) is 45.1 Å². The molecule has 34 nitrogen and oxygen atoms in total. The van der Waals surface area contributed by atoms with Crippen LogP contribution in [0, 0.1) is 0 Å². The molecule has 39 heteroatoms. The second-order valence-electron chi connectivity index (χ2n) is 32.1. The number of hydrogen-bond donors (Lipinski definition) is 12. The summed E-state index contributed by atoms with van der Waals surface area (Å²) in [5.74, 6) is -4.97. The standard InChI is InChI=1S/C22H22ClN3O4.C21H20ClN3O4.C21H20ClN3O3.C20H14BrN3O4.C19H12BrN3O4/c1-29-19-4-2-3-18(20(19)22(27)28)25-21-14(13-26-7-9-30-10-8-26)12-24-17-6-5-15(23)11-16(17)21;22-14-4-5-16-15(10-14)20(13(11-23-16)12-25-6-8-29-9-7-25)24-17-2-1-3-18(26)19(17)21(27)28;22-15-5-6-18-17(11-15)20(24-19-4-2-1-3-16(19)21(26)27)14(12-23-18)13-25-7-9-28-10-8-25;1-27-16-4-2-3-15(17(16)20(25)26)24-18-12-9-11(21)5-6-14(12)23-10-13(18)19-22-7-8-28-19;20-10-4-5-13-11(8-10)17(12(9-22-13)18-21-6-7-27-18)23-14-2-1-3-15(24)16(14)19(25)26/h2-6,11-12H,7-10,13H2,1H3,(H,24,25)(H,27,28);1-5,10-11,26H,6-9,12H2,(H,23,24)(H,27,28);1-6,11-12H,7-10,13H2,(H,23,24)(H,26,27);2-10H,1H3,(H,23,24)(H,25,26);1-9,24H,(H,22,23)(H,25,26). The van der Waals surface area contributed by atoms with Crippen molar-refractivity contribution in [3.63, 3.8) is 0 Å². The van der Waals surface area contributed by atoms with Gasteiger partial charge in [-0.15, -0.1) is 0 Å². The fourth-order valence-corrected chi connectivity index (χ4v) is 17.5. The van der Waals surface area contributed by atoms with Crippen LogP contribution >= 0.6 is 66.7 Å². The molecule has 10 heterocycles. The molecule has 724 valence electrons. The Morgan fingerprint density at radius 1 is 0.352 bits per heavy atom. The summed E-state index contributed by atoms with van der Waals surface area (Å²) in [6.45, 7) is 11.1. The molecule has 3 fully saturated rings. The third-order valence-electron chi connectivity index (χ3n) is 23.1. The average molecular weight is 2110 g/mol. The number of ether oxygens (including phenoxy) is 5. The van der Waals surface area contributed by atoms with Crippen molar-refractivity contribution in [2.75, 3.05) is 120 Å². The van der Waals surface area contributed by atoms with E-state index in [0.717, 1.165) is 131 Å². The number of nitrogens with one attached hydrogen (secondary N) is 5. The summed E-state index contributed by atoms with van der Waals surface area (Å²) in [5.41, 5.74) is 13.1. The molecule has 10 aromatic carbocycles. The molecule has 0 saturated carbocycles. The van der Waals surface area contributed by atoms with Crippen molar-refractivity contribution in [1.29, 1.82) is 0 Å². The first kappa shape index (κ1) is 99.8. The number of fused-ring (bicyclic) bond motifs is 5. The Morgan fingerprint density at radius 2 is 0.655 bits per heavy atom. The molecule has 3 aliphatic rings. The number of phenols is 2. The van der Waals surface area contributed by atoms with E-state index >= 15 is 0 Å². The van der Waals surface area contributed by atoms with Crippen LogP contribution in [0.2, 0.25) is 15.1 Å². The average Bonchev–Trinajstić information content (AvgIpc) is 1.10. The number of hydrogen-bond acceptors (Lipinski definition) is 29. The lowest BCUT2D eigenvalue weighted by molar-refractivity contribution is 0.0342. The first-order chi connectivity index (χ1) is 68.8. The number of morpholine rings is 3. The Hall–Kier alpha value is -15.2. The minimum atomic E-state index is -1.24. The number of pyridine rings is 5. The summed E-state index contributed by atoms with van der Waals surface area (Å²) >= 11 is 25.7. The zero-order valence-corrected chi connectivity index (χ0v) is 81.0. The summed E-state index contributed by atoms with van der Waals surface area (Å²) in [7, 11) is 2.89. The van der Waals surface area contributed by atoms with E-state index in [0.29, 0.717) is 143 Å². The van der Waals surface area contributed by atoms with E-state index in [-0.39, 0.29) is 50.8 Å². The second-order valence-corrected chi connectivity index (χ2v) is 35.2. The highest BCUT2D eigenvalue weighted by Crippen LogP contribution is 2.44. The second kappa shape index (κ2) is 46.3. The van der Waals surface area contributed by atoms with Gasteiger partial charge in [0, 0.05) is 158 Å². The number of carboxylic acids is 5. The van der Waals surface area contributed by atoms with Crippen molar-refractivity contribution in [3.05, 3.63) is 312 Å². The van der Waals surface area contributed by atoms with Crippen LogP contribution in [0.1, 0.15) is 68.5 Å². The lowest BCUT2D eigenvalue weighted by Gasteiger charge is -2.28. The zero-order chi connectivity index (χ0) is 99.6. The molecule has 0 radical (unpaired) electrons. The van der Waals surface area contributed by atoms with Crippen molar-refractivity contribution >= 4 is 208 Å². The largest absolute Gasteiger partial charge is 0.507 e. The maximum atomic E-state index is 11.9. The van der Waals surface area contributed by atoms with Crippen molar-refractivity contribution in [3.8, 4) is 45.9 Å². The number of oxazole rings is 2. The predicted molar refractivity (Wildman–Crippen MR) is 548 cm³/mol. The maximum Gasteiger partial charge on any atom is 0.341 e. The monoisotopic (exact) mass is 2100 g/mol. The number of aromatic carboxylic acids is 5. The molecule has 12 N–H and O–H groups in total. The van der Waals surface area contributed by atoms with Crippen LogP contribution in [0.3, 0.4) is 0 Å². The minimum Gasteiger partial charge on any atom is -0.507 e. The summed E-state index contributed by atoms with van der Waals surface area (Å²) < 4.78 is 39.4. The van der Waals surface area contributed by atoms with E-state index in [1.54, 1.807) is 128 Å². The molecule has 0 amide bonds. The molecule has 0 atom stereocenters. The van der Waals surface area contributed by atoms with Crippen LogP contribution in [-0.4, -0.2) is 208 Å². The fraction of sp³-hybridized carbons (Fsp3) is 0.165. The molecule has 0 aliphatic carbocycles. The number of halogens is 5. The van der Waals surface area contributed by atoms with E-state index in [2.05, 4.69) is 108 Å². The van der Waals surface area contributed by atoms with Gasteiger partial charge in [0.25, 0.3) is 0 Å². The topological polar surface area (TPSA) is 459 Å². The number of methoxy groups -OCH3 is 2. The van der Waals surface area contributed by atoms with Gasteiger partial charge in [0.15, 0.2) is 0 Å². The van der Waals surface area contributed by atoms with Crippen molar-refractivity contribution < 1.29 is 92.2 Å². The number of nitrogens with zero attached hydrogens (tertiary/aromatic N) is 10. The Bertz CT molecular complexity index is 7550. The SMILES string of the molecule is COc1cccc(Nc2c(-c3ncco3)cnc3ccc(Br)cc23)c1C(=O)O.COc1cccc(Nc2c(CN3CCOCC3)cnc3ccc(Cl)cc23)c1C(=O)O.O=C(O)c1c(O)cccc1Nc1c(-c2ncco2)cnc2ccc(Br)cc12.O=C(O)c1c(O)cccc1Nc1c(CN2CCOCC2)cnc2ccc(Cl)cc12.O=C(O)c1ccccc1Nc1c(CN2CCOCC2)cnc2ccc(Cl)cc12. The van der Waals surface area contributed by atoms with Gasteiger partial charge in [0.1, 0.15) is 57.8 Å². The first-order valence-corrected chi connectivity index (χ1v) is 46.7. The van der Waals surface area contributed by atoms with Crippen LogP contribution in [-0.2, 0) is 33.8 Å². The summed E-state index contributed by atoms with van der Waals surface area (Å²) in [4.78, 5) is 96.5. The number of carboxylic acid groups (broad SMARTS) is 5. The highest BCUT2D eigenvalue weighted by molar-refractivity contribution is 9.10. The molecule has 3 aliphatic heterocycles. The molecular formula is C103H88Br2Cl3N15O19. The third kappa shape index (κ3) is 23.8. The molecule has 7 aromatic heterocycles. The number of aromatic hydroxyl groups is 2. The predicted octanol–water partition coefficient (Wildman–Crippen LogP) is 22.1. The Morgan fingerprint density at radius 3 is 0.986 bits per heavy atom. The quantitative estimate of drug-likeness (QED) is 0.0253. The van der Waals surface area contributed by atoms with E-state index in [1.807, 2.05) is 85.2 Å². The van der Waals surface area contributed by atoms with Crippen LogP contribution < -0.4 is 36.1 Å². The van der Waals surface area contributed by atoms with Crippen molar-refractivity contribution in [2.45, 2.75) is 19.6 Å². The van der Waals surface area contributed by atoms with Gasteiger partial charge in [-0.05, 0) is 152 Å². The van der Waals surface area contributed by atoms with Crippen LogP contribution in [0.4, 0.5) is 56.9 Å². The fourth-order valence-electron chi connectivity index (χ4n) is 16.3. The molecule has 17 aromatic rings. The lowest BCUT2D eigenvalue weighted by Crippen LogP contribution is -2.35. The van der Waals surface area contributed by atoms with Gasteiger partial charge >= 0.3 is 29.8 Å². The summed E-state index contributed by atoms with van der Waals surface area (Å²) in [6.07, 6.45) is 14.7. The number of para-hydroxylation sites is 1. The van der Waals surface area contributed by atoms with Gasteiger partial charge in [-0.2, -0.15) is 0 Å². The first-order valence-electron chi connectivity index (χ1n) is 44.0. The third-order valence-corrected chi connectivity index (χ3v) is 24.8. The molecule has 0 spiro atoms. The van der Waals surface area contributed by atoms with E-state index < -0.39 is 29.8 Å². The molecule has 20 rings (SSSR count). The van der Waals surface area contributed by atoms with Gasteiger partial charge in [0.05, 0.1) is 167 Å². The minimum absolute atomic E-state index is 0.0308. The number of anilines is 10. The Kier molecular flexibility index (Phi) is 32.5. The molecule has 0 bridgehead atoms. The number of carbonyl (C=O) groups is 5. The number of rotatable bonds is 25. The van der Waals surface area contributed by atoms with E-state index in [4.69, 9.17) is 67.3 Å².